The van der Waals surface area contributed by atoms with Crippen molar-refractivity contribution in [2.24, 2.45) is 11.8 Å². The average Bonchev–Trinajstić information content (AvgIpc) is 2.86. The van der Waals surface area contributed by atoms with Gasteiger partial charge in [-0.25, -0.2) is 0 Å². The second kappa shape index (κ2) is 11.2. The van der Waals surface area contributed by atoms with Crippen molar-refractivity contribution in [1.29, 1.82) is 0 Å². The first-order chi connectivity index (χ1) is 11.0. The van der Waals surface area contributed by atoms with E-state index >= 15 is 0 Å². The normalized spacial score (nSPS) is 23.1. The van der Waals surface area contributed by atoms with Crippen LogP contribution in [0, 0.1) is 11.8 Å². The van der Waals surface area contributed by atoms with Crippen molar-refractivity contribution in [3.63, 3.8) is 0 Å². The van der Waals surface area contributed by atoms with E-state index in [0.717, 1.165) is 32.1 Å². The van der Waals surface area contributed by atoms with Crippen LogP contribution >= 0.6 is 0 Å². The Bertz CT molecular complexity index is 425. The summed E-state index contributed by atoms with van der Waals surface area (Å²) in [4.78, 5) is 22.4. The molecular formula is C19H30O4. The number of Topliss-reactive ketones (excluding diaryl/α,β-unsaturated/α-hetero) is 1. The third-order valence-electron chi connectivity index (χ3n) is 4.41. The highest BCUT2D eigenvalue weighted by molar-refractivity contribution is 5.83. The Kier molecular flexibility index (Phi) is 9.53. The van der Waals surface area contributed by atoms with Gasteiger partial charge in [0.05, 0.1) is 6.10 Å². The molecule has 0 aromatic rings. The summed E-state index contributed by atoms with van der Waals surface area (Å²) in [6, 6.07) is 0. The molecule has 130 valence electrons. The minimum absolute atomic E-state index is 0.0142. The van der Waals surface area contributed by atoms with E-state index in [4.69, 9.17) is 5.11 Å². The highest BCUT2D eigenvalue weighted by Crippen LogP contribution is 2.33. The van der Waals surface area contributed by atoms with Gasteiger partial charge < -0.3 is 10.2 Å². The molecule has 0 aromatic heterocycles. The van der Waals surface area contributed by atoms with Crippen LogP contribution in [0.15, 0.2) is 24.3 Å². The SMILES string of the molecule is CCCCC(O)C=CC1CCC(=O)C1CC=CCCCC(=O)O. The van der Waals surface area contributed by atoms with Crippen LogP contribution in [0.1, 0.15) is 64.7 Å². The third kappa shape index (κ3) is 8.12. The molecule has 0 aliphatic heterocycles. The van der Waals surface area contributed by atoms with Crippen molar-refractivity contribution in [3.8, 4) is 0 Å². The van der Waals surface area contributed by atoms with Gasteiger partial charge in [-0.3, -0.25) is 9.59 Å². The maximum absolute atomic E-state index is 12.0. The predicted octanol–water partition coefficient (Wildman–Crippen LogP) is 3.89. The van der Waals surface area contributed by atoms with Gasteiger partial charge >= 0.3 is 5.97 Å². The Morgan fingerprint density at radius 1 is 1.35 bits per heavy atom. The molecule has 2 N–H and O–H groups in total. The first kappa shape index (κ1) is 19.6. The monoisotopic (exact) mass is 322 g/mol. The summed E-state index contributed by atoms with van der Waals surface area (Å²) < 4.78 is 0. The van der Waals surface area contributed by atoms with Crippen molar-refractivity contribution < 1.29 is 19.8 Å². The Labute approximate surface area is 139 Å². The summed E-state index contributed by atoms with van der Waals surface area (Å²) in [5.41, 5.74) is 0. The lowest BCUT2D eigenvalue weighted by atomic mass is 9.91. The molecule has 0 amide bonds. The number of aliphatic hydroxyl groups is 1. The molecule has 1 fully saturated rings. The summed E-state index contributed by atoms with van der Waals surface area (Å²) >= 11 is 0. The van der Waals surface area contributed by atoms with E-state index in [2.05, 4.69) is 6.92 Å². The zero-order valence-electron chi connectivity index (χ0n) is 14.1. The van der Waals surface area contributed by atoms with E-state index in [9.17, 15) is 14.7 Å². The molecule has 4 heteroatoms. The molecule has 1 aliphatic carbocycles. The van der Waals surface area contributed by atoms with E-state index in [1.165, 1.54) is 0 Å². The van der Waals surface area contributed by atoms with E-state index in [1.54, 1.807) is 0 Å². The standard InChI is InChI=1S/C19H30O4/c1-2-3-8-16(20)13-11-15-12-14-18(21)17(15)9-6-4-5-7-10-19(22)23/h4,6,11,13,15-17,20H,2-3,5,7-10,12,14H2,1H3,(H,22,23). The third-order valence-corrected chi connectivity index (χ3v) is 4.41. The average molecular weight is 322 g/mol. The van der Waals surface area contributed by atoms with Gasteiger partial charge in [0.2, 0.25) is 0 Å². The summed E-state index contributed by atoms with van der Waals surface area (Å²) in [6.45, 7) is 2.10. The fourth-order valence-electron chi connectivity index (χ4n) is 2.98. The number of aliphatic carboxylic acids is 1. The van der Waals surface area contributed by atoms with E-state index in [-0.39, 0.29) is 18.3 Å². The first-order valence-corrected chi connectivity index (χ1v) is 8.80. The summed E-state index contributed by atoms with van der Waals surface area (Å²) in [6.07, 6.45) is 14.1. The Morgan fingerprint density at radius 3 is 2.83 bits per heavy atom. The first-order valence-electron chi connectivity index (χ1n) is 8.80. The highest BCUT2D eigenvalue weighted by Gasteiger charge is 2.31. The number of hydrogen-bond acceptors (Lipinski definition) is 3. The molecule has 0 spiro atoms. The Balaban J connectivity index is 2.39. The van der Waals surface area contributed by atoms with Crippen LogP contribution in [-0.4, -0.2) is 28.1 Å². The minimum Gasteiger partial charge on any atom is -0.481 e. The number of ketones is 1. The fourth-order valence-corrected chi connectivity index (χ4v) is 2.98. The number of unbranched alkanes of at least 4 members (excludes halogenated alkanes) is 2. The summed E-state index contributed by atoms with van der Waals surface area (Å²) in [7, 11) is 0. The van der Waals surface area contributed by atoms with Crippen molar-refractivity contribution >= 4 is 11.8 Å². The number of aliphatic hydroxyl groups excluding tert-OH is 1. The number of rotatable bonds is 11. The smallest absolute Gasteiger partial charge is 0.303 e. The second-order valence-electron chi connectivity index (χ2n) is 6.36. The number of carboxylic acid groups (broad SMARTS) is 1. The van der Waals surface area contributed by atoms with Crippen LogP contribution < -0.4 is 0 Å². The molecule has 4 nitrogen and oxygen atoms in total. The van der Waals surface area contributed by atoms with Crippen molar-refractivity contribution in [2.75, 3.05) is 0 Å². The van der Waals surface area contributed by atoms with Crippen LogP contribution in [0.5, 0.6) is 0 Å². The van der Waals surface area contributed by atoms with E-state index < -0.39 is 12.1 Å². The molecule has 1 aliphatic rings. The minimum atomic E-state index is -0.767. The van der Waals surface area contributed by atoms with Gasteiger partial charge in [-0.2, -0.15) is 0 Å². The molecule has 3 atom stereocenters. The van der Waals surface area contributed by atoms with Crippen molar-refractivity contribution in [3.05, 3.63) is 24.3 Å². The van der Waals surface area contributed by atoms with Gasteiger partial charge in [-0.05, 0) is 38.0 Å². The summed E-state index contributed by atoms with van der Waals surface area (Å²) in [5.74, 6) is -0.225. The van der Waals surface area contributed by atoms with Gasteiger partial charge in [-0.15, -0.1) is 0 Å². The summed E-state index contributed by atoms with van der Waals surface area (Å²) in [5, 5.41) is 18.5. The molecule has 0 heterocycles. The molecule has 1 saturated carbocycles. The van der Waals surface area contributed by atoms with Gasteiger partial charge in [0.15, 0.2) is 0 Å². The maximum atomic E-state index is 12.0. The van der Waals surface area contributed by atoms with E-state index in [1.807, 2.05) is 24.3 Å². The molecule has 0 bridgehead atoms. The number of carbonyl (C=O) groups excluding carboxylic acids is 1. The number of carboxylic acids is 1. The zero-order valence-corrected chi connectivity index (χ0v) is 14.1. The van der Waals surface area contributed by atoms with Crippen LogP contribution in [-0.2, 0) is 9.59 Å². The lowest BCUT2D eigenvalue weighted by molar-refractivity contribution is -0.137. The maximum Gasteiger partial charge on any atom is 0.303 e. The number of allylic oxidation sites excluding steroid dienone is 3. The molecule has 0 radical (unpaired) electrons. The molecule has 3 unspecified atom stereocenters. The topological polar surface area (TPSA) is 74.6 Å². The molecular weight excluding hydrogens is 292 g/mol. The fraction of sp³-hybridized carbons (Fsp3) is 0.684. The van der Waals surface area contributed by atoms with Crippen LogP contribution in [0.4, 0.5) is 0 Å². The second-order valence-corrected chi connectivity index (χ2v) is 6.36. The Hall–Kier alpha value is -1.42. The lowest BCUT2D eigenvalue weighted by Gasteiger charge is -2.13. The van der Waals surface area contributed by atoms with Gasteiger partial charge in [0.25, 0.3) is 0 Å². The largest absolute Gasteiger partial charge is 0.481 e. The van der Waals surface area contributed by atoms with Crippen LogP contribution in [0.25, 0.3) is 0 Å². The molecule has 0 saturated heterocycles. The molecule has 0 aromatic carbocycles. The van der Waals surface area contributed by atoms with E-state index in [0.29, 0.717) is 25.0 Å². The van der Waals surface area contributed by atoms with Gasteiger partial charge in [0, 0.05) is 18.8 Å². The van der Waals surface area contributed by atoms with Crippen molar-refractivity contribution in [1.82, 2.24) is 0 Å². The lowest BCUT2D eigenvalue weighted by Crippen LogP contribution is -2.13. The highest BCUT2D eigenvalue weighted by atomic mass is 16.4. The molecule has 23 heavy (non-hydrogen) atoms. The molecule has 1 rings (SSSR count). The van der Waals surface area contributed by atoms with Gasteiger partial charge in [-0.1, -0.05) is 44.1 Å². The number of hydrogen-bond donors (Lipinski definition) is 2. The van der Waals surface area contributed by atoms with Gasteiger partial charge in [0.1, 0.15) is 5.78 Å². The Morgan fingerprint density at radius 2 is 2.13 bits per heavy atom. The number of carbonyl (C=O) groups is 2. The predicted molar refractivity (Wildman–Crippen MR) is 91.1 cm³/mol. The van der Waals surface area contributed by atoms with Crippen LogP contribution in [0.3, 0.4) is 0 Å². The quantitative estimate of drug-likeness (QED) is 0.447. The van der Waals surface area contributed by atoms with Crippen LogP contribution in [0.2, 0.25) is 0 Å². The zero-order chi connectivity index (χ0) is 17.1. The van der Waals surface area contributed by atoms with Crippen molar-refractivity contribution in [2.45, 2.75) is 70.8 Å².